The molecule has 0 saturated heterocycles. The summed E-state index contributed by atoms with van der Waals surface area (Å²) in [7, 11) is 0. The summed E-state index contributed by atoms with van der Waals surface area (Å²) in [5.74, 6) is -0.458. The Kier molecular flexibility index (Phi) is 3.17. The van der Waals surface area contributed by atoms with Gasteiger partial charge in [-0.3, -0.25) is 0 Å². The summed E-state index contributed by atoms with van der Waals surface area (Å²) < 4.78 is 14.0. The van der Waals surface area contributed by atoms with Crippen molar-refractivity contribution in [2.75, 3.05) is 5.32 Å². The third-order valence-electron chi connectivity index (χ3n) is 2.98. The molecule has 1 unspecified atom stereocenters. The average molecular weight is 272 g/mol. The van der Waals surface area contributed by atoms with Gasteiger partial charge in [0.2, 0.25) is 5.95 Å². The first-order valence-corrected chi connectivity index (χ1v) is 6.90. The minimum atomic E-state index is -0.458. The Labute approximate surface area is 114 Å². The van der Waals surface area contributed by atoms with E-state index in [1.165, 1.54) is 27.2 Å². The molecule has 2 aromatic heterocycles. The SMILES string of the molecule is CC(Nc1ccc(F)nc1)c1cc2ccccc2s1. The largest absolute Gasteiger partial charge is 0.376 e. The van der Waals surface area contributed by atoms with E-state index in [9.17, 15) is 4.39 Å². The maximum absolute atomic E-state index is 12.7. The highest BCUT2D eigenvalue weighted by Crippen LogP contribution is 2.31. The summed E-state index contributed by atoms with van der Waals surface area (Å²) in [5.41, 5.74) is 0.825. The molecule has 19 heavy (non-hydrogen) atoms. The molecular formula is C15H13FN2S. The van der Waals surface area contributed by atoms with Gasteiger partial charge in [0.05, 0.1) is 17.9 Å². The molecule has 2 heterocycles. The molecule has 96 valence electrons. The number of rotatable bonds is 3. The lowest BCUT2D eigenvalue weighted by Gasteiger charge is -2.12. The molecule has 0 saturated carbocycles. The average Bonchev–Trinajstić information content (AvgIpc) is 2.85. The van der Waals surface area contributed by atoms with Crippen LogP contribution in [0.1, 0.15) is 17.8 Å². The molecule has 0 fully saturated rings. The molecule has 0 aliphatic carbocycles. The second-order valence-electron chi connectivity index (χ2n) is 4.42. The van der Waals surface area contributed by atoms with Crippen LogP contribution in [0.25, 0.3) is 10.1 Å². The van der Waals surface area contributed by atoms with Crippen LogP contribution >= 0.6 is 11.3 Å². The standard InChI is InChI=1S/C15H13FN2S/c1-10(18-12-6-7-15(16)17-9-12)14-8-11-4-2-3-5-13(11)19-14/h2-10,18H,1H3. The van der Waals surface area contributed by atoms with Crippen molar-refractivity contribution in [3.63, 3.8) is 0 Å². The fraction of sp³-hybridized carbons (Fsp3) is 0.133. The number of pyridine rings is 1. The topological polar surface area (TPSA) is 24.9 Å². The number of hydrogen-bond acceptors (Lipinski definition) is 3. The maximum atomic E-state index is 12.7. The van der Waals surface area contributed by atoms with Crippen LogP contribution in [-0.4, -0.2) is 4.98 Å². The van der Waals surface area contributed by atoms with Gasteiger partial charge >= 0.3 is 0 Å². The first kappa shape index (κ1) is 12.1. The summed E-state index contributed by atoms with van der Waals surface area (Å²) >= 11 is 1.77. The van der Waals surface area contributed by atoms with E-state index in [1.807, 2.05) is 12.1 Å². The summed E-state index contributed by atoms with van der Waals surface area (Å²) in [6.45, 7) is 2.09. The Balaban J connectivity index is 1.83. The molecule has 1 atom stereocenters. The highest BCUT2D eigenvalue weighted by Gasteiger charge is 2.09. The van der Waals surface area contributed by atoms with Gasteiger partial charge in [-0.2, -0.15) is 4.39 Å². The lowest BCUT2D eigenvalue weighted by Crippen LogP contribution is -2.05. The number of anilines is 1. The molecule has 4 heteroatoms. The summed E-state index contributed by atoms with van der Waals surface area (Å²) in [5, 5.41) is 4.59. The van der Waals surface area contributed by atoms with E-state index in [-0.39, 0.29) is 6.04 Å². The van der Waals surface area contributed by atoms with Crippen LogP contribution in [0.4, 0.5) is 10.1 Å². The number of fused-ring (bicyclic) bond motifs is 1. The monoisotopic (exact) mass is 272 g/mol. The van der Waals surface area contributed by atoms with Crippen LogP contribution in [0.2, 0.25) is 0 Å². The Morgan fingerprint density at radius 2 is 2.05 bits per heavy atom. The van der Waals surface area contributed by atoms with Gasteiger partial charge in [-0.25, -0.2) is 4.98 Å². The molecule has 2 nitrogen and oxygen atoms in total. The molecule has 1 aromatic carbocycles. The minimum Gasteiger partial charge on any atom is -0.376 e. The highest BCUT2D eigenvalue weighted by atomic mass is 32.1. The van der Waals surface area contributed by atoms with Crippen molar-refractivity contribution in [3.05, 3.63) is 59.5 Å². The van der Waals surface area contributed by atoms with Crippen molar-refractivity contribution in [2.45, 2.75) is 13.0 Å². The van der Waals surface area contributed by atoms with Crippen molar-refractivity contribution in [3.8, 4) is 0 Å². The van der Waals surface area contributed by atoms with Crippen molar-refractivity contribution in [1.82, 2.24) is 4.98 Å². The first-order valence-electron chi connectivity index (χ1n) is 6.09. The third-order valence-corrected chi connectivity index (χ3v) is 4.28. The smallest absolute Gasteiger partial charge is 0.212 e. The van der Waals surface area contributed by atoms with E-state index in [4.69, 9.17) is 0 Å². The number of nitrogens with zero attached hydrogens (tertiary/aromatic N) is 1. The van der Waals surface area contributed by atoms with E-state index < -0.39 is 5.95 Å². The molecule has 3 aromatic rings. The molecule has 0 radical (unpaired) electrons. The summed E-state index contributed by atoms with van der Waals surface area (Å²) in [6.07, 6.45) is 1.51. The number of benzene rings is 1. The van der Waals surface area contributed by atoms with Gasteiger partial charge in [0.25, 0.3) is 0 Å². The number of halogens is 1. The Hall–Kier alpha value is -1.94. The Morgan fingerprint density at radius 1 is 1.21 bits per heavy atom. The van der Waals surface area contributed by atoms with Crippen LogP contribution in [0.3, 0.4) is 0 Å². The fourth-order valence-electron chi connectivity index (χ4n) is 2.00. The highest BCUT2D eigenvalue weighted by molar-refractivity contribution is 7.19. The van der Waals surface area contributed by atoms with Gasteiger partial charge in [0.1, 0.15) is 0 Å². The lowest BCUT2D eigenvalue weighted by atomic mass is 10.2. The van der Waals surface area contributed by atoms with Crippen molar-refractivity contribution < 1.29 is 4.39 Å². The number of aromatic nitrogens is 1. The zero-order chi connectivity index (χ0) is 13.2. The first-order chi connectivity index (χ1) is 9.22. The number of hydrogen-bond donors (Lipinski definition) is 1. The van der Waals surface area contributed by atoms with Crippen molar-refractivity contribution in [1.29, 1.82) is 0 Å². The van der Waals surface area contributed by atoms with Crippen LogP contribution in [0.15, 0.2) is 48.7 Å². The van der Waals surface area contributed by atoms with Crippen LogP contribution in [0, 0.1) is 5.95 Å². The molecule has 0 aliphatic heterocycles. The van der Waals surface area contributed by atoms with Crippen LogP contribution in [0.5, 0.6) is 0 Å². The van der Waals surface area contributed by atoms with E-state index in [0.717, 1.165) is 5.69 Å². The molecule has 0 bridgehead atoms. The molecule has 0 amide bonds. The molecular weight excluding hydrogens is 259 g/mol. The Morgan fingerprint density at radius 3 is 2.79 bits per heavy atom. The molecule has 0 aliphatic rings. The van der Waals surface area contributed by atoms with Gasteiger partial charge in [-0.05, 0) is 36.6 Å². The second kappa shape index (κ2) is 4.97. The van der Waals surface area contributed by atoms with Gasteiger partial charge in [0, 0.05) is 9.58 Å². The van der Waals surface area contributed by atoms with E-state index in [1.54, 1.807) is 17.4 Å². The maximum Gasteiger partial charge on any atom is 0.212 e. The number of thiophene rings is 1. The van der Waals surface area contributed by atoms with Crippen LogP contribution < -0.4 is 5.32 Å². The predicted molar refractivity (Wildman–Crippen MR) is 78.1 cm³/mol. The summed E-state index contributed by atoms with van der Waals surface area (Å²) in [6, 6.07) is 13.7. The van der Waals surface area contributed by atoms with Crippen molar-refractivity contribution in [2.24, 2.45) is 0 Å². The minimum absolute atomic E-state index is 0.171. The quantitative estimate of drug-likeness (QED) is 0.704. The predicted octanol–water partition coefficient (Wildman–Crippen LogP) is 4.61. The van der Waals surface area contributed by atoms with Gasteiger partial charge in [-0.15, -0.1) is 11.3 Å². The zero-order valence-electron chi connectivity index (χ0n) is 10.4. The fourth-order valence-corrected chi connectivity index (χ4v) is 3.07. The van der Waals surface area contributed by atoms with Gasteiger partial charge in [-0.1, -0.05) is 18.2 Å². The second-order valence-corrected chi connectivity index (χ2v) is 5.54. The van der Waals surface area contributed by atoms with Gasteiger partial charge < -0.3 is 5.32 Å². The normalized spacial score (nSPS) is 12.5. The van der Waals surface area contributed by atoms with E-state index in [0.29, 0.717) is 0 Å². The van der Waals surface area contributed by atoms with E-state index in [2.05, 4.69) is 35.4 Å². The molecule has 0 spiro atoms. The van der Waals surface area contributed by atoms with E-state index >= 15 is 0 Å². The van der Waals surface area contributed by atoms with Crippen molar-refractivity contribution >= 4 is 27.1 Å². The Bertz CT molecular complexity index is 658. The molecule has 3 rings (SSSR count). The summed E-state index contributed by atoms with van der Waals surface area (Å²) in [4.78, 5) is 4.90. The van der Waals surface area contributed by atoms with Gasteiger partial charge in [0.15, 0.2) is 0 Å². The van der Waals surface area contributed by atoms with Crippen LogP contribution in [-0.2, 0) is 0 Å². The molecule has 1 N–H and O–H groups in total. The lowest BCUT2D eigenvalue weighted by molar-refractivity contribution is 0.584. The third kappa shape index (κ3) is 2.58. The zero-order valence-corrected chi connectivity index (χ0v) is 11.2. The number of nitrogens with one attached hydrogen (secondary N) is 1.